The van der Waals surface area contributed by atoms with Gasteiger partial charge in [-0.05, 0) is 62.1 Å². The number of anilines is 1. The maximum Gasteiger partial charge on any atom is 0.262 e. The normalized spacial score (nSPS) is 10.7. The van der Waals surface area contributed by atoms with Crippen LogP contribution in [-0.2, 0) is 4.79 Å². The summed E-state index contributed by atoms with van der Waals surface area (Å²) in [7, 11) is 0. The first-order chi connectivity index (χ1) is 11.6. The van der Waals surface area contributed by atoms with E-state index in [2.05, 4.69) is 21.2 Å². The van der Waals surface area contributed by atoms with Crippen LogP contribution in [0.2, 0.25) is 15.1 Å². The number of carbonyl (C=O) groups excluding carboxylic acids is 1. The highest BCUT2D eigenvalue weighted by atomic mass is 79.9. The van der Waals surface area contributed by atoms with E-state index in [-0.39, 0.29) is 18.3 Å². The third kappa shape index (κ3) is 4.43. The zero-order chi connectivity index (χ0) is 18.9. The number of amides is 1. The van der Waals surface area contributed by atoms with Crippen molar-refractivity contribution in [2.75, 3.05) is 11.9 Å². The minimum absolute atomic E-state index is 0.213. The number of nitrogens with one attached hydrogen (secondary N) is 1. The first-order valence-corrected chi connectivity index (χ1v) is 9.39. The Morgan fingerprint density at radius 3 is 1.96 bits per heavy atom. The molecule has 0 saturated heterocycles. The molecule has 2 aromatic carbocycles. The van der Waals surface area contributed by atoms with E-state index in [0.717, 1.165) is 21.3 Å². The van der Waals surface area contributed by atoms with Gasteiger partial charge in [0.1, 0.15) is 0 Å². The van der Waals surface area contributed by atoms with Gasteiger partial charge in [-0.2, -0.15) is 0 Å². The number of halogens is 4. The van der Waals surface area contributed by atoms with Crippen molar-refractivity contribution < 1.29 is 9.53 Å². The molecule has 0 aromatic heterocycles. The van der Waals surface area contributed by atoms with Crippen molar-refractivity contribution in [2.45, 2.75) is 27.7 Å². The fourth-order valence-electron chi connectivity index (χ4n) is 2.46. The van der Waals surface area contributed by atoms with E-state index in [1.165, 1.54) is 0 Å². The summed E-state index contributed by atoms with van der Waals surface area (Å²) in [5.74, 6) is -0.0342. The minimum Gasteiger partial charge on any atom is -0.481 e. The number of rotatable bonds is 4. The van der Waals surface area contributed by atoms with Gasteiger partial charge in [0.25, 0.3) is 5.91 Å². The molecule has 0 aliphatic heterocycles. The van der Waals surface area contributed by atoms with Gasteiger partial charge in [0.2, 0.25) is 0 Å². The topological polar surface area (TPSA) is 38.3 Å². The standard InChI is InChI=1S/C18H17BrCl3NO2/c1-8-5-12(19)6-9(2)17(8)23-13(24)7-25-18-15(21)10(3)14(20)11(4)16(18)22/h5-6H,7H2,1-4H3,(H,23,24). The molecule has 0 aliphatic rings. The fraction of sp³-hybridized carbons (Fsp3) is 0.278. The summed E-state index contributed by atoms with van der Waals surface area (Å²) in [6.45, 7) is 7.18. The van der Waals surface area contributed by atoms with Crippen LogP contribution in [0.1, 0.15) is 22.3 Å². The van der Waals surface area contributed by atoms with Gasteiger partial charge in [-0.3, -0.25) is 4.79 Å². The first kappa shape index (κ1) is 20.4. The number of hydrogen-bond acceptors (Lipinski definition) is 2. The highest BCUT2D eigenvalue weighted by Crippen LogP contribution is 2.42. The molecule has 0 atom stereocenters. The molecule has 0 spiro atoms. The average Bonchev–Trinajstić information content (AvgIpc) is 2.54. The largest absolute Gasteiger partial charge is 0.481 e. The lowest BCUT2D eigenvalue weighted by molar-refractivity contribution is -0.118. The molecule has 0 radical (unpaired) electrons. The maximum atomic E-state index is 12.3. The van der Waals surface area contributed by atoms with Crippen molar-refractivity contribution in [3.8, 4) is 5.75 Å². The molecule has 25 heavy (non-hydrogen) atoms. The zero-order valence-electron chi connectivity index (χ0n) is 14.2. The second-order valence-corrected chi connectivity index (χ2v) is 7.82. The molecule has 0 bridgehead atoms. The Morgan fingerprint density at radius 1 is 1.00 bits per heavy atom. The molecule has 3 nitrogen and oxygen atoms in total. The molecule has 7 heteroatoms. The quantitative estimate of drug-likeness (QED) is 0.548. The van der Waals surface area contributed by atoms with Crippen molar-refractivity contribution >= 4 is 62.3 Å². The summed E-state index contributed by atoms with van der Waals surface area (Å²) in [5, 5.41) is 3.97. The van der Waals surface area contributed by atoms with Gasteiger partial charge in [-0.15, -0.1) is 0 Å². The predicted octanol–water partition coefficient (Wildman–Crippen LogP) is 6.66. The summed E-state index contributed by atoms with van der Waals surface area (Å²) in [6.07, 6.45) is 0. The zero-order valence-corrected chi connectivity index (χ0v) is 18.0. The van der Waals surface area contributed by atoms with Crippen LogP contribution < -0.4 is 10.1 Å². The molecule has 1 amide bonds. The molecule has 0 unspecified atom stereocenters. The second-order valence-electron chi connectivity index (χ2n) is 5.77. The Labute approximate surface area is 170 Å². The van der Waals surface area contributed by atoms with Crippen LogP contribution in [0.3, 0.4) is 0 Å². The van der Waals surface area contributed by atoms with Gasteiger partial charge in [0.15, 0.2) is 12.4 Å². The van der Waals surface area contributed by atoms with E-state index in [1.807, 2.05) is 26.0 Å². The van der Waals surface area contributed by atoms with E-state index in [4.69, 9.17) is 39.5 Å². The second kappa shape index (κ2) is 8.17. The summed E-state index contributed by atoms with van der Waals surface area (Å²) >= 11 is 22.1. The summed E-state index contributed by atoms with van der Waals surface area (Å²) in [4.78, 5) is 12.3. The van der Waals surface area contributed by atoms with Crippen molar-refractivity contribution in [2.24, 2.45) is 0 Å². The molecule has 1 N–H and O–H groups in total. The van der Waals surface area contributed by atoms with Gasteiger partial charge in [-0.25, -0.2) is 0 Å². The third-order valence-corrected chi connectivity index (χ3v) is 5.76. The Hall–Kier alpha value is -0.940. The van der Waals surface area contributed by atoms with Crippen LogP contribution in [0, 0.1) is 27.7 Å². The molecular weight excluding hydrogens is 448 g/mol. The molecule has 2 rings (SSSR count). The Bertz CT molecular complexity index is 801. The summed E-state index contributed by atoms with van der Waals surface area (Å²) < 4.78 is 6.54. The van der Waals surface area contributed by atoms with E-state index in [9.17, 15) is 4.79 Å². The van der Waals surface area contributed by atoms with E-state index in [1.54, 1.807) is 13.8 Å². The monoisotopic (exact) mass is 463 g/mol. The summed E-state index contributed by atoms with van der Waals surface area (Å²) in [5.41, 5.74) is 4.00. The van der Waals surface area contributed by atoms with Gasteiger partial charge in [0, 0.05) is 15.2 Å². The van der Waals surface area contributed by atoms with E-state index in [0.29, 0.717) is 26.2 Å². The lowest BCUT2D eigenvalue weighted by Crippen LogP contribution is -2.21. The molecular formula is C18H17BrCl3NO2. The number of benzene rings is 2. The van der Waals surface area contributed by atoms with Crippen molar-refractivity contribution in [3.05, 3.63) is 53.9 Å². The van der Waals surface area contributed by atoms with Gasteiger partial charge < -0.3 is 10.1 Å². The molecule has 0 fully saturated rings. The lowest BCUT2D eigenvalue weighted by Gasteiger charge is -2.16. The molecule has 0 aliphatic carbocycles. The van der Waals surface area contributed by atoms with Crippen LogP contribution in [0.5, 0.6) is 5.75 Å². The van der Waals surface area contributed by atoms with Crippen molar-refractivity contribution in [3.63, 3.8) is 0 Å². The Kier molecular flexibility index (Phi) is 6.66. The highest BCUT2D eigenvalue weighted by molar-refractivity contribution is 9.10. The number of ether oxygens (including phenoxy) is 1. The van der Waals surface area contributed by atoms with Crippen LogP contribution >= 0.6 is 50.7 Å². The van der Waals surface area contributed by atoms with Crippen LogP contribution in [0.4, 0.5) is 5.69 Å². The van der Waals surface area contributed by atoms with E-state index >= 15 is 0 Å². The third-order valence-electron chi connectivity index (χ3n) is 3.83. The number of hydrogen-bond donors (Lipinski definition) is 1. The molecule has 0 heterocycles. The van der Waals surface area contributed by atoms with Crippen LogP contribution in [-0.4, -0.2) is 12.5 Å². The summed E-state index contributed by atoms with van der Waals surface area (Å²) in [6, 6.07) is 3.87. The van der Waals surface area contributed by atoms with Crippen LogP contribution in [0.25, 0.3) is 0 Å². The van der Waals surface area contributed by atoms with Crippen molar-refractivity contribution in [1.29, 1.82) is 0 Å². The highest BCUT2D eigenvalue weighted by Gasteiger charge is 2.19. The number of aryl methyl sites for hydroxylation is 2. The predicted molar refractivity (Wildman–Crippen MR) is 109 cm³/mol. The fourth-order valence-corrected chi connectivity index (χ4v) is 3.97. The lowest BCUT2D eigenvalue weighted by atomic mass is 10.1. The van der Waals surface area contributed by atoms with Gasteiger partial charge >= 0.3 is 0 Å². The first-order valence-electron chi connectivity index (χ1n) is 7.46. The maximum absolute atomic E-state index is 12.3. The Balaban J connectivity index is 2.17. The molecule has 134 valence electrons. The van der Waals surface area contributed by atoms with Crippen LogP contribution in [0.15, 0.2) is 16.6 Å². The number of carbonyl (C=O) groups is 1. The van der Waals surface area contributed by atoms with Crippen molar-refractivity contribution in [1.82, 2.24) is 0 Å². The molecule has 2 aromatic rings. The smallest absolute Gasteiger partial charge is 0.262 e. The molecule has 0 saturated carbocycles. The Morgan fingerprint density at radius 2 is 1.48 bits per heavy atom. The van der Waals surface area contributed by atoms with Gasteiger partial charge in [-0.1, -0.05) is 50.7 Å². The van der Waals surface area contributed by atoms with E-state index < -0.39 is 0 Å². The van der Waals surface area contributed by atoms with Gasteiger partial charge in [0.05, 0.1) is 10.0 Å². The minimum atomic E-state index is -0.300. The SMILES string of the molecule is Cc1cc(Br)cc(C)c1NC(=O)COc1c(Cl)c(C)c(Cl)c(C)c1Cl. The average molecular weight is 466 g/mol.